The lowest BCUT2D eigenvalue weighted by molar-refractivity contribution is -0.119. The van der Waals surface area contributed by atoms with E-state index in [4.69, 9.17) is 0 Å². The molecule has 1 atom stereocenters. The number of ketones is 1. The molecule has 128 valence electrons. The number of aromatic nitrogens is 3. The van der Waals surface area contributed by atoms with E-state index in [2.05, 4.69) is 9.97 Å². The molecule has 0 spiro atoms. The van der Waals surface area contributed by atoms with Crippen molar-refractivity contribution in [2.24, 2.45) is 0 Å². The van der Waals surface area contributed by atoms with Crippen LogP contribution in [-0.4, -0.2) is 38.2 Å². The number of amides is 1. The first-order valence-electron chi connectivity index (χ1n) is 8.12. The summed E-state index contributed by atoms with van der Waals surface area (Å²) in [5.74, 6) is 0.536. The Morgan fingerprint density at radius 3 is 2.56 bits per heavy atom. The third-order valence-corrected chi connectivity index (χ3v) is 4.25. The zero-order chi connectivity index (χ0) is 18.0. The molecule has 6 heteroatoms. The van der Waals surface area contributed by atoms with E-state index < -0.39 is 0 Å². The largest absolute Gasteiger partial charge is 0.333 e. The number of fused-ring (bicyclic) bond motifs is 1. The van der Waals surface area contributed by atoms with Gasteiger partial charge in [0.15, 0.2) is 5.78 Å². The lowest BCUT2D eigenvalue weighted by Gasteiger charge is -2.20. The topological polar surface area (TPSA) is 68.1 Å². The van der Waals surface area contributed by atoms with Crippen molar-refractivity contribution in [2.45, 2.75) is 26.4 Å². The number of pyridine rings is 1. The van der Waals surface area contributed by atoms with E-state index in [1.807, 2.05) is 35.8 Å². The molecule has 2 aromatic heterocycles. The van der Waals surface area contributed by atoms with Crippen LogP contribution in [0.2, 0.25) is 0 Å². The summed E-state index contributed by atoms with van der Waals surface area (Å²) in [5, 5.41) is 0. The van der Waals surface area contributed by atoms with Crippen LogP contribution >= 0.6 is 0 Å². The highest BCUT2D eigenvalue weighted by atomic mass is 16.2. The summed E-state index contributed by atoms with van der Waals surface area (Å²) in [7, 11) is 1.71. The van der Waals surface area contributed by atoms with E-state index in [0.29, 0.717) is 18.1 Å². The van der Waals surface area contributed by atoms with Gasteiger partial charge >= 0.3 is 0 Å². The summed E-state index contributed by atoms with van der Waals surface area (Å²) in [6.45, 7) is 3.70. The number of carbonyl (C=O) groups is 2. The molecule has 0 bridgehead atoms. The van der Waals surface area contributed by atoms with Gasteiger partial charge in [0.1, 0.15) is 11.5 Å². The van der Waals surface area contributed by atoms with Gasteiger partial charge in [-0.15, -0.1) is 0 Å². The molecule has 0 N–H and O–H groups in total. The number of Topliss-reactive ketones (excluding diaryl/α,β-unsaturated/α-hetero) is 1. The third kappa shape index (κ3) is 3.28. The molecule has 25 heavy (non-hydrogen) atoms. The monoisotopic (exact) mass is 336 g/mol. The summed E-state index contributed by atoms with van der Waals surface area (Å²) >= 11 is 0. The van der Waals surface area contributed by atoms with E-state index in [-0.39, 0.29) is 17.7 Å². The van der Waals surface area contributed by atoms with Gasteiger partial charge in [0.2, 0.25) is 0 Å². The van der Waals surface area contributed by atoms with Gasteiger partial charge < -0.3 is 9.47 Å². The minimum absolute atomic E-state index is 0.0445. The van der Waals surface area contributed by atoms with Gasteiger partial charge in [-0.2, -0.15) is 0 Å². The number of carbonyl (C=O) groups excluding carboxylic acids is 2. The molecule has 1 aromatic carbocycles. The second-order valence-corrected chi connectivity index (χ2v) is 6.05. The molecule has 0 aliphatic carbocycles. The van der Waals surface area contributed by atoms with Crippen LogP contribution in [0, 0.1) is 0 Å². The number of benzene rings is 1. The molecule has 0 aliphatic rings. The second-order valence-electron chi connectivity index (χ2n) is 6.05. The van der Waals surface area contributed by atoms with Crippen molar-refractivity contribution >= 4 is 22.7 Å². The van der Waals surface area contributed by atoms with Crippen LogP contribution in [0.1, 0.15) is 36.2 Å². The van der Waals surface area contributed by atoms with Crippen molar-refractivity contribution in [1.82, 2.24) is 19.4 Å². The van der Waals surface area contributed by atoms with Crippen molar-refractivity contribution < 1.29 is 9.59 Å². The van der Waals surface area contributed by atoms with Gasteiger partial charge in [0.05, 0.1) is 23.6 Å². The lowest BCUT2D eigenvalue weighted by Crippen LogP contribution is -2.29. The molecular weight excluding hydrogens is 316 g/mol. The Morgan fingerprint density at radius 2 is 1.88 bits per heavy atom. The average Bonchev–Trinajstić information content (AvgIpc) is 2.98. The molecule has 1 unspecified atom stereocenters. The number of hydrogen-bond donors (Lipinski definition) is 0. The quantitative estimate of drug-likeness (QED) is 0.718. The maximum absolute atomic E-state index is 12.5. The van der Waals surface area contributed by atoms with E-state index >= 15 is 0 Å². The fraction of sp³-hybridized carbons (Fsp3) is 0.263. The van der Waals surface area contributed by atoms with Crippen molar-refractivity contribution in [3.8, 4) is 0 Å². The summed E-state index contributed by atoms with van der Waals surface area (Å²) in [6, 6.07) is 12.5. The molecule has 0 radical (unpaired) electrons. The minimum Gasteiger partial charge on any atom is -0.333 e. The summed E-state index contributed by atoms with van der Waals surface area (Å²) in [6.07, 6.45) is 1.59. The Bertz CT molecular complexity index is 918. The van der Waals surface area contributed by atoms with Crippen LogP contribution < -0.4 is 0 Å². The number of rotatable bonds is 5. The van der Waals surface area contributed by atoms with Crippen LogP contribution in [0.4, 0.5) is 0 Å². The smallest absolute Gasteiger partial charge is 0.272 e. The van der Waals surface area contributed by atoms with Crippen molar-refractivity contribution in [1.29, 1.82) is 0 Å². The number of para-hydroxylation sites is 2. The van der Waals surface area contributed by atoms with Crippen LogP contribution in [0.3, 0.4) is 0 Å². The highest BCUT2D eigenvalue weighted by Crippen LogP contribution is 2.23. The van der Waals surface area contributed by atoms with Crippen molar-refractivity contribution in [3.05, 3.63) is 60.2 Å². The fourth-order valence-corrected chi connectivity index (χ4v) is 2.79. The van der Waals surface area contributed by atoms with Crippen molar-refractivity contribution in [3.63, 3.8) is 0 Å². The molecule has 0 saturated heterocycles. The minimum atomic E-state index is -0.347. The fourth-order valence-electron chi connectivity index (χ4n) is 2.79. The van der Waals surface area contributed by atoms with E-state index in [1.54, 1.807) is 43.3 Å². The molecule has 1 amide bonds. The van der Waals surface area contributed by atoms with Crippen LogP contribution in [0.5, 0.6) is 0 Å². The SMILES string of the molecule is CC(=O)C(C)n1c(CN(C)C(=O)c2ccccn2)nc2ccccc21. The van der Waals surface area contributed by atoms with Crippen LogP contribution in [0.25, 0.3) is 11.0 Å². The molecule has 0 saturated carbocycles. The third-order valence-electron chi connectivity index (χ3n) is 4.25. The van der Waals surface area contributed by atoms with Crippen LogP contribution in [0.15, 0.2) is 48.7 Å². The molecule has 0 aliphatic heterocycles. The number of hydrogen-bond acceptors (Lipinski definition) is 4. The summed E-state index contributed by atoms with van der Waals surface area (Å²) in [5.41, 5.74) is 2.08. The first-order valence-corrected chi connectivity index (χ1v) is 8.12. The Hall–Kier alpha value is -3.02. The van der Waals surface area contributed by atoms with E-state index in [9.17, 15) is 9.59 Å². The first-order chi connectivity index (χ1) is 12.0. The highest BCUT2D eigenvalue weighted by molar-refractivity contribution is 5.92. The molecule has 3 aromatic rings. The van der Waals surface area contributed by atoms with Gasteiger partial charge in [-0.3, -0.25) is 14.6 Å². The lowest BCUT2D eigenvalue weighted by atomic mass is 10.2. The zero-order valence-corrected chi connectivity index (χ0v) is 14.5. The van der Waals surface area contributed by atoms with Crippen LogP contribution in [-0.2, 0) is 11.3 Å². The standard InChI is InChI=1S/C19H20N4O2/c1-13(14(2)24)23-17-10-5-4-8-15(17)21-18(23)12-22(3)19(25)16-9-6-7-11-20-16/h4-11,13H,12H2,1-3H3. The molecule has 0 fully saturated rings. The predicted molar refractivity (Wildman–Crippen MR) is 95.2 cm³/mol. The normalized spacial score (nSPS) is 12.1. The van der Waals surface area contributed by atoms with Gasteiger partial charge in [0, 0.05) is 13.2 Å². The van der Waals surface area contributed by atoms with Gasteiger partial charge in [-0.25, -0.2) is 4.98 Å². The maximum Gasteiger partial charge on any atom is 0.272 e. The molecule has 2 heterocycles. The molecule has 6 nitrogen and oxygen atoms in total. The molecular formula is C19H20N4O2. The Morgan fingerprint density at radius 1 is 1.16 bits per heavy atom. The van der Waals surface area contributed by atoms with E-state index in [0.717, 1.165) is 11.0 Å². The number of nitrogens with zero attached hydrogens (tertiary/aromatic N) is 4. The maximum atomic E-state index is 12.5. The predicted octanol–water partition coefficient (Wildman–Crippen LogP) is 2.85. The molecule has 3 rings (SSSR count). The first kappa shape index (κ1) is 16.8. The second kappa shape index (κ2) is 6.84. The van der Waals surface area contributed by atoms with Gasteiger partial charge in [-0.1, -0.05) is 18.2 Å². The Labute approximate surface area is 146 Å². The zero-order valence-electron chi connectivity index (χ0n) is 14.5. The summed E-state index contributed by atoms with van der Waals surface area (Å²) in [4.78, 5) is 34.8. The Balaban J connectivity index is 1.97. The highest BCUT2D eigenvalue weighted by Gasteiger charge is 2.21. The number of imidazole rings is 1. The van der Waals surface area contributed by atoms with Crippen molar-refractivity contribution in [2.75, 3.05) is 7.05 Å². The van der Waals surface area contributed by atoms with E-state index in [1.165, 1.54) is 0 Å². The van der Waals surface area contributed by atoms with Gasteiger partial charge in [-0.05, 0) is 38.1 Å². The Kier molecular flexibility index (Phi) is 4.61. The van der Waals surface area contributed by atoms with Gasteiger partial charge in [0.25, 0.3) is 5.91 Å². The average molecular weight is 336 g/mol. The summed E-state index contributed by atoms with van der Waals surface area (Å²) < 4.78 is 1.90.